The maximum absolute atomic E-state index is 6.04. The van der Waals surface area contributed by atoms with Crippen LogP contribution in [0.3, 0.4) is 0 Å². The standard InChI is InChI=1S/C12H20ClN3/c1-16(2)9-4-3-8-15-12-10(13)6-5-7-11(12)14/h5-7,15H,3-4,8-9,14H2,1-2H3. The van der Waals surface area contributed by atoms with Gasteiger partial charge in [0.15, 0.2) is 0 Å². The number of nitrogen functional groups attached to an aromatic ring is 1. The van der Waals surface area contributed by atoms with Crippen LogP contribution in [-0.2, 0) is 0 Å². The van der Waals surface area contributed by atoms with E-state index in [1.807, 2.05) is 18.2 Å². The molecule has 0 aliphatic heterocycles. The summed E-state index contributed by atoms with van der Waals surface area (Å²) >= 11 is 6.04. The molecule has 0 aromatic heterocycles. The van der Waals surface area contributed by atoms with Crippen molar-refractivity contribution in [1.29, 1.82) is 0 Å². The minimum Gasteiger partial charge on any atom is -0.397 e. The molecule has 1 rings (SSSR count). The second kappa shape index (κ2) is 6.61. The van der Waals surface area contributed by atoms with Gasteiger partial charge < -0.3 is 16.0 Å². The molecule has 0 radical (unpaired) electrons. The Bertz CT molecular complexity index is 306. The van der Waals surface area contributed by atoms with Crippen molar-refractivity contribution < 1.29 is 0 Å². The number of unbranched alkanes of at least 4 members (excludes halogenated alkanes) is 1. The fourth-order valence-electron chi connectivity index (χ4n) is 1.49. The highest BCUT2D eigenvalue weighted by Crippen LogP contribution is 2.27. The molecule has 0 atom stereocenters. The molecule has 16 heavy (non-hydrogen) atoms. The zero-order chi connectivity index (χ0) is 12.0. The maximum Gasteiger partial charge on any atom is 0.0763 e. The van der Waals surface area contributed by atoms with Crippen LogP contribution < -0.4 is 11.1 Å². The van der Waals surface area contributed by atoms with Crippen molar-refractivity contribution in [1.82, 2.24) is 4.90 Å². The summed E-state index contributed by atoms with van der Waals surface area (Å²) in [5.41, 5.74) is 7.39. The summed E-state index contributed by atoms with van der Waals surface area (Å²) in [6.07, 6.45) is 2.28. The number of para-hydroxylation sites is 1. The molecule has 1 aromatic carbocycles. The normalized spacial score (nSPS) is 10.8. The highest BCUT2D eigenvalue weighted by molar-refractivity contribution is 6.33. The van der Waals surface area contributed by atoms with E-state index in [1.54, 1.807) is 0 Å². The topological polar surface area (TPSA) is 41.3 Å². The monoisotopic (exact) mass is 241 g/mol. The summed E-state index contributed by atoms with van der Waals surface area (Å²) in [6.45, 7) is 2.02. The number of nitrogens with zero attached hydrogens (tertiary/aromatic N) is 1. The van der Waals surface area contributed by atoms with Crippen molar-refractivity contribution in [3.8, 4) is 0 Å². The highest BCUT2D eigenvalue weighted by Gasteiger charge is 2.02. The molecule has 1 aromatic rings. The van der Waals surface area contributed by atoms with Crippen LogP contribution >= 0.6 is 11.6 Å². The molecule has 0 unspecified atom stereocenters. The first-order chi connectivity index (χ1) is 7.61. The average molecular weight is 242 g/mol. The zero-order valence-corrected chi connectivity index (χ0v) is 10.7. The molecule has 0 fully saturated rings. The van der Waals surface area contributed by atoms with Gasteiger partial charge in [-0.05, 0) is 45.6 Å². The van der Waals surface area contributed by atoms with Gasteiger partial charge in [-0.3, -0.25) is 0 Å². The Kier molecular flexibility index (Phi) is 5.43. The highest BCUT2D eigenvalue weighted by atomic mass is 35.5. The number of hydrogen-bond acceptors (Lipinski definition) is 3. The van der Waals surface area contributed by atoms with Gasteiger partial charge in [0, 0.05) is 6.54 Å². The van der Waals surface area contributed by atoms with Gasteiger partial charge in [0.1, 0.15) is 0 Å². The molecule has 0 aliphatic rings. The average Bonchev–Trinajstić information content (AvgIpc) is 2.21. The summed E-state index contributed by atoms with van der Waals surface area (Å²) in [6, 6.07) is 5.56. The first kappa shape index (κ1) is 13.1. The van der Waals surface area contributed by atoms with Gasteiger partial charge in [-0.25, -0.2) is 0 Å². The van der Waals surface area contributed by atoms with Crippen LogP contribution in [0.25, 0.3) is 0 Å². The minimum absolute atomic E-state index is 0.688. The van der Waals surface area contributed by atoms with Gasteiger partial charge in [-0.1, -0.05) is 17.7 Å². The van der Waals surface area contributed by atoms with E-state index in [4.69, 9.17) is 17.3 Å². The van der Waals surface area contributed by atoms with E-state index in [2.05, 4.69) is 24.3 Å². The van der Waals surface area contributed by atoms with Crippen LogP contribution in [0.5, 0.6) is 0 Å². The van der Waals surface area contributed by atoms with E-state index in [0.717, 1.165) is 25.2 Å². The number of halogens is 1. The Balaban J connectivity index is 2.32. The summed E-state index contributed by atoms with van der Waals surface area (Å²) in [4.78, 5) is 2.18. The quantitative estimate of drug-likeness (QED) is 0.594. The molecule has 0 spiro atoms. The second-order valence-electron chi connectivity index (χ2n) is 4.14. The Hall–Kier alpha value is -0.930. The molecule has 0 aliphatic carbocycles. The molecule has 0 amide bonds. The molecule has 0 saturated heterocycles. The second-order valence-corrected chi connectivity index (χ2v) is 4.55. The molecule has 0 saturated carbocycles. The third-order valence-electron chi connectivity index (χ3n) is 2.38. The lowest BCUT2D eigenvalue weighted by Crippen LogP contribution is -2.14. The number of rotatable bonds is 6. The van der Waals surface area contributed by atoms with Crippen molar-refractivity contribution in [2.24, 2.45) is 0 Å². The van der Waals surface area contributed by atoms with Crippen molar-refractivity contribution in [2.45, 2.75) is 12.8 Å². The van der Waals surface area contributed by atoms with E-state index in [9.17, 15) is 0 Å². The Morgan fingerprint density at radius 1 is 1.31 bits per heavy atom. The molecule has 90 valence electrons. The van der Waals surface area contributed by atoms with Gasteiger partial charge in [-0.15, -0.1) is 0 Å². The van der Waals surface area contributed by atoms with Crippen molar-refractivity contribution in [3.05, 3.63) is 23.2 Å². The molecule has 3 nitrogen and oxygen atoms in total. The number of hydrogen-bond donors (Lipinski definition) is 2. The van der Waals surface area contributed by atoms with E-state index in [1.165, 1.54) is 6.42 Å². The van der Waals surface area contributed by atoms with Crippen LogP contribution in [0.1, 0.15) is 12.8 Å². The summed E-state index contributed by atoms with van der Waals surface area (Å²) in [5.74, 6) is 0. The lowest BCUT2D eigenvalue weighted by molar-refractivity contribution is 0.396. The van der Waals surface area contributed by atoms with Crippen molar-refractivity contribution in [3.63, 3.8) is 0 Å². The van der Waals surface area contributed by atoms with Gasteiger partial charge in [0.25, 0.3) is 0 Å². The molecular weight excluding hydrogens is 222 g/mol. The third-order valence-corrected chi connectivity index (χ3v) is 2.69. The number of nitrogens with two attached hydrogens (primary N) is 1. The van der Waals surface area contributed by atoms with Gasteiger partial charge in [0.2, 0.25) is 0 Å². The number of benzene rings is 1. The zero-order valence-electron chi connectivity index (χ0n) is 9.96. The third kappa shape index (κ3) is 4.29. The Morgan fingerprint density at radius 3 is 2.69 bits per heavy atom. The Morgan fingerprint density at radius 2 is 2.06 bits per heavy atom. The van der Waals surface area contributed by atoms with Gasteiger partial charge in [0.05, 0.1) is 16.4 Å². The van der Waals surface area contributed by atoms with Crippen LogP contribution in [0.15, 0.2) is 18.2 Å². The molecular formula is C12H20ClN3. The van der Waals surface area contributed by atoms with Gasteiger partial charge in [-0.2, -0.15) is 0 Å². The summed E-state index contributed by atoms with van der Waals surface area (Å²) in [5, 5.41) is 3.97. The molecule has 3 N–H and O–H groups in total. The summed E-state index contributed by atoms with van der Waals surface area (Å²) in [7, 11) is 4.17. The maximum atomic E-state index is 6.04. The number of anilines is 2. The van der Waals surface area contributed by atoms with E-state index in [-0.39, 0.29) is 0 Å². The lowest BCUT2D eigenvalue weighted by Gasteiger charge is -2.12. The SMILES string of the molecule is CN(C)CCCCNc1c(N)cccc1Cl. The minimum atomic E-state index is 0.688. The van der Waals surface area contributed by atoms with Crippen LogP contribution in [0.4, 0.5) is 11.4 Å². The van der Waals surface area contributed by atoms with E-state index >= 15 is 0 Å². The summed E-state index contributed by atoms with van der Waals surface area (Å²) < 4.78 is 0. The van der Waals surface area contributed by atoms with Crippen LogP contribution in [0.2, 0.25) is 5.02 Å². The fraction of sp³-hybridized carbons (Fsp3) is 0.500. The molecule has 4 heteroatoms. The largest absolute Gasteiger partial charge is 0.397 e. The predicted octanol–water partition coefficient (Wildman–Crippen LogP) is 2.68. The Labute approximate surface area is 103 Å². The van der Waals surface area contributed by atoms with Crippen molar-refractivity contribution >= 4 is 23.0 Å². The predicted molar refractivity (Wildman–Crippen MR) is 72.1 cm³/mol. The smallest absolute Gasteiger partial charge is 0.0763 e. The van der Waals surface area contributed by atoms with Crippen molar-refractivity contribution in [2.75, 3.05) is 38.2 Å². The number of nitrogens with one attached hydrogen (secondary N) is 1. The lowest BCUT2D eigenvalue weighted by atomic mass is 10.2. The molecule has 0 bridgehead atoms. The van der Waals surface area contributed by atoms with Gasteiger partial charge >= 0.3 is 0 Å². The molecule has 0 heterocycles. The first-order valence-electron chi connectivity index (χ1n) is 5.54. The van der Waals surface area contributed by atoms with Crippen LogP contribution in [0, 0.1) is 0 Å². The fourth-order valence-corrected chi connectivity index (χ4v) is 1.74. The van der Waals surface area contributed by atoms with E-state index in [0.29, 0.717) is 10.7 Å². The van der Waals surface area contributed by atoms with E-state index < -0.39 is 0 Å². The first-order valence-corrected chi connectivity index (χ1v) is 5.91. The van der Waals surface area contributed by atoms with Crippen LogP contribution in [-0.4, -0.2) is 32.1 Å².